The Balaban J connectivity index is 2.50. The standard InChI is InChI=1S/C15H21N3O2/c1-4-18(10(2)3)9-12-11-7-5-6-8-13(11)20-14(12)15(19)17-16/h5-8,10H,4,9,16H2,1-3H3,(H,17,19). The number of nitrogens with two attached hydrogens (primary N) is 1. The molecule has 0 saturated heterocycles. The molecular weight excluding hydrogens is 254 g/mol. The SMILES string of the molecule is CCN(Cc1c(C(=O)NN)oc2ccccc12)C(C)C. The fraction of sp³-hybridized carbons (Fsp3) is 0.400. The first-order valence-electron chi connectivity index (χ1n) is 6.83. The number of nitrogen functional groups attached to an aromatic ring is 1. The van der Waals surface area contributed by atoms with Crippen molar-refractivity contribution in [2.75, 3.05) is 6.54 Å². The summed E-state index contributed by atoms with van der Waals surface area (Å²) in [5.74, 6) is 5.15. The van der Waals surface area contributed by atoms with E-state index < -0.39 is 5.91 Å². The minimum atomic E-state index is -0.393. The number of nitrogens with zero attached hydrogens (tertiary/aromatic N) is 1. The molecular formula is C15H21N3O2. The van der Waals surface area contributed by atoms with Crippen molar-refractivity contribution >= 4 is 16.9 Å². The maximum atomic E-state index is 11.9. The van der Waals surface area contributed by atoms with Crippen molar-refractivity contribution in [3.05, 3.63) is 35.6 Å². The molecule has 20 heavy (non-hydrogen) atoms. The summed E-state index contributed by atoms with van der Waals surface area (Å²) in [4.78, 5) is 14.2. The van der Waals surface area contributed by atoms with Gasteiger partial charge in [0.2, 0.25) is 0 Å². The van der Waals surface area contributed by atoms with Gasteiger partial charge in [-0.15, -0.1) is 0 Å². The monoisotopic (exact) mass is 275 g/mol. The molecule has 5 nitrogen and oxygen atoms in total. The van der Waals surface area contributed by atoms with Gasteiger partial charge in [0.25, 0.3) is 0 Å². The zero-order valence-electron chi connectivity index (χ0n) is 12.1. The molecule has 0 radical (unpaired) electrons. The van der Waals surface area contributed by atoms with Crippen molar-refractivity contribution in [1.82, 2.24) is 10.3 Å². The predicted molar refractivity (Wildman–Crippen MR) is 79.1 cm³/mol. The lowest BCUT2D eigenvalue weighted by Crippen LogP contribution is -2.33. The minimum absolute atomic E-state index is 0.299. The Morgan fingerprint density at radius 3 is 2.70 bits per heavy atom. The second-order valence-corrected chi connectivity index (χ2v) is 5.04. The van der Waals surface area contributed by atoms with Gasteiger partial charge in [0.05, 0.1) is 0 Å². The molecule has 1 aromatic carbocycles. The molecule has 0 spiro atoms. The van der Waals surface area contributed by atoms with Crippen molar-refractivity contribution in [2.24, 2.45) is 5.84 Å². The summed E-state index contributed by atoms with van der Waals surface area (Å²) >= 11 is 0. The molecule has 2 aromatic rings. The van der Waals surface area contributed by atoms with Gasteiger partial charge >= 0.3 is 5.91 Å². The van der Waals surface area contributed by atoms with Gasteiger partial charge in [-0.2, -0.15) is 0 Å². The molecule has 0 fully saturated rings. The number of nitrogens with one attached hydrogen (secondary N) is 1. The number of furan rings is 1. The van der Waals surface area contributed by atoms with Gasteiger partial charge in [0.15, 0.2) is 5.76 Å². The van der Waals surface area contributed by atoms with E-state index in [1.54, 1.807) is 0 Å². The zero-order chi connectivity index (χ0) is 14.7. The zero-order valence-corrected chi connectivity index (χ0v) is 12.1. The van der Waals surface area contributed by atoms with E-state index in [1.807, 2.05) is 24.3 Å². The number of hydrazine groups is 1. The van der Waals surface area contributed by atoms with E-state index in [-0.39, 0.29) is 0 Å². The average Bonchev–Trinajstić information content (AvgIpc) is 2.82. The first kappa shape index (κ1) is 14.6. The third-order valence-electron chi connectivity index (χ3n) is 3.53. The van der Waals surface area contributed by atoms with Crippen LogP contribution in [0.4, 0.5) is 0 Å². The van der Waals surface area contributed by atoms with Crippen LogP contribution in [-0.2, 0) is 6.54 Å². The van der Waals surface area contributed by atoms with E-state index in [9.17, 15) is 4.79 Å². The van der Waals surface area contributed by atoms with E-state index in [0.717, 1.165) is 17.5 Å². The Kier molecular flexibility index (Phi) is 4.42. The number of carbonyl (C=O) groups excluding carboxylic acids is 1. The molecule has 108 valence electrons. The lowest BCUT2D eigenvalue weighted by molar-refractivity contribution is 0.0924. The van der Waals surface area contributed by atoms with Crippen LogP contribution in [0.3, 0.4) is 0 Å². The maximum Gasteiger partial charge on any atom is 0.301 e. The van der Waals surface area contributed by atoms with Crippen LogP contribution in [0.1, 0.15) is 36.9 Å². The number of amides is 1. The Morgan fingerprint density at radius 1 is 1.40 bits per heavy atom. The number of carbonyl (C=O) groups is 1. The van der Waals surface area contributed by atoms with E-state index in [1.165, 1.54) is 0 Å². The van der Waals surface area contributed by atoms with E-state index in [0.29, 0.717) is 23.9 Å². The van der Waals surface area contributed by atoms with E-state index >= 15 is 0 Å². The summed E-state index contributed by atoms with van der Waals surface area (Å²) in [7, 11) is 0. The second kappa shape index (κ2) is 6.07. The van der Waals surface area contributed by atoms with Crippen molar-refractivity contribution < 1.29 is 9.21 Å². The Hall–Kier alpha value is -1.85. The molecule has 0 atom stereocenters. The van der Waals surface area contributed by atoms with Crippen LogP contribution in [0.5, 0.6) is 0 Å². The second-order valence-electron chi connectivity index (χ2n) is 5.04. The molecule has 0 aliphatic carbocycles. The van der Waals surface area contributed by atoms with Crippen LogP contribution in [0.25, 0.3) is 11.0 Å². The highest BCUT2D eigenvalue weighted by Gasteiger charge is 2.22. The predicted octanol–water partition coefficient (Wildman–Crippen LogP) is 2.27. The first-order valence-corrected chi connectivity index (χ1v) is 6.83. The topological polar surface area (TPSA) is 71.5 Å². The van der Waals surface area contributed by atoms with E-state index in [4.69, 9.17) is 10.3 Å². The highest BCUT2D eigenvalue weighted by atomic mass is 16.3. The molecule has 1 amide bonds. The fourth-order valence-electron chi connectivity index (χ4n) is 2.37. The summed E-state index contributed by atoms with van der Waals surface area (Å²) in [6, 6.07) is 8.05. The third kappa shape index (κ3) is 2.69. The molecule has 0 unspecified atom stereocenters. The van der Waals surface area contributed by atoms with Gasteiger partial charge in [-0.25, -0.2) is 5.84 Å². The van der Waals surface area contributed by atoms with Crippen LogP contribution in [-0.4, -0.2) is 23.4 Å². The lowest BCUT2D eigenvalue weighted by atomic mass is 10.1. The molecule has 3 N–H and O–H groups in total. The Labute approximate surface area is 118 Å². The van der Waals surface area contributed by atoms with Crippen LogP contribution in [0, 0.1) is 0 Å². The summed E-state index contributed by atoms with van der Waals surface area (Å²) in [6.45, 7) is 7.93. The molecule has 2 rings (SSSR count). The number of benzene rings is 1. The number of rotatable bonds is 5. The largest absolute Gasteiger partial charge is 0.451 e. The van der Waals surface area contributed by atoms with Crippen LogP contribution < -0.4 is 11.3 Å². The van der Waals surface area contributed by atoms with Crippen LogP contribution in [0.2, 0.25) is 0 Å². The minimum Gasteiger partial charge on any atom is -0.451 e. The smallest absolute Gasteiger partial charge is 0.301 e. The highest BCUT2D eigenvalue weighted by Crippen LogP contribution is 2.27. The van der Waals surface area contributed by atoms with Gasteiger partial charge < -0.3 is 4.42 Å². The third-order valence-corrected chi connectivity index (χ3v) is 3.53. The van der Waals surface area contributed by atoms with Gasteiger partial charge in [-0.05, 0) is 26.5 Å². The maximum absolute atomic E-state index is 11.9. The molecule has 0 aliphatic rings. The number of para-hydroxylation sites is 1. The molecule has 1 aromatic heterocycles. The van der Waals surface area contributed by atoms with Gasteiger partial charge in [0, 0.05) is 23.5 Å². The number of hydrogen-bond acceptors (Lipinski definition) is 4. The van der Waals surface area contributed by atoms with E-state index in [2.05, 4.69) is 31.1 Å². The van der Waals surface area contributed by atoms with Crippen molar-refractivity contribution in [2.45, 2.75) is 33.4 Å². The molecule has 1 heterocycles. The molecule has 0 bridgehead atoms. The van der Waals surface area contributed by atoms with Gasteiger partial charge in [0.1, 0.15) is 5.58 Å². The fourth-order valence-corrected chi connectivity index (χ4v) is 2.37. The Morgan fingerprint density at radius 2 is 2.10 bits per heavy atom. The van der Waals surface area contributed by atoms with Crippen molar-refractivity contribution in [3.63, 3.8) is 0 Å². The number of fused-ring (bicyclic) bond motifs is 1. The highest BCUT2D eigenvalue weighted by molar-refractivity contribution is 5.98. The quantitative estimate of drug-likeness (QED) is 0.499. The summed E-state index contributed by atoms with van der Waals surface area (Å²) < 4.78 is 5.66. The average molecular weight is 275 g/mol. The molecule has 0 aliphatic heterocycles. The first-order chi connectivity index (χ1) is 9.58. The van der Waals surface area contributed by atoms with Crippen LogP contribution >= 0.6 is 0 Å². The summed E-state index contributed by atoms with van der Waals surface area (Å²) in [5, 5.41) is 0.963. The molecule has 0 saturated carbocycles. The van der Waals surface area contributed by atoms with Crippen LogP contribution in [0.15, 0.2) is 28.7 Å². The van der Waals surface area contributed by atoms with Crippen molar-refractivity contribution in [1.29, 1.82) is 0 Å². The Bertz CT molecular complexity index is 604. The lowest BCUT2D eigenvalue weighted by Gasteiger charge is -2.24. The summed E-state index contributed by atoms with van der Waals surface area (Å²) in [6.07, 6.45) is 0. The summed E-state index contributed by atoms with van der Waals surface area (Å²) in [5.41, 5.74) is 3.75. The van der Waals surface area contributed by atoms with Gasteiger partial charge in [-0.3, -0.25) is 15.1 Å². The van der Waals surface area contributed by atoms with Crippen molar-refractivity contribution in [3.8, 4) is 0 Å². The normalized spacial score (nSPS) is 11.5. The molecule has 5 heteroatoms. The van der Waals surface area contributed by atoms with Gasteiger partial charge in [-0.1, -0.05) is 25.1 Å². The number of hydrogen-bond donors (Lipinski definition) is 2.